The number of hydrogen-bond acceptors (Lipinski definition) is 1. The lowest BCUT2D eigenvalue weighted by molar-refractivity contribution is 0.467. The summed E-state index contributed by atoms with van der Waals surface area (Å²) in [7, 11) is 0. The molecule has 0 radical (unpaired) electrons. The highest BCUT2D eigenvalue weighted by molar-refractivity contribution is 6.09. The van der Waals surface area contributed by atoms with Crippen LogP contribution in [0.15, 0.2) is 182 Å². The number of benzene rings is 7. The molecule has 1 aromatic heterocycles. The zero-order valence-corrected chi connectivity index (χ0v) is 31.2. The summed E-state index contributed by atoms with van der Waals surface area (Å²) >= 11 is 0. The maximum atomic E-state index is 2.60. The number of rotatable bonds is 6. The minimum Gasteiger partial charge on any atom is -0.335 e. The molecule has 0 fully saturated rings. The van der Waals surface area contributed by atoms with Crippen LogP contribution < -0.4 is 4.90 Å². The molecule has 2 unspecified atom stereocenters. The summed E-state index contributed by atoms with van der Waals surface area (Å²) in [6, 6.07) is 62.9. The van der Waals surface area contributed by atoms with Crippen molar-refractivity contribution >= 4 is 33.2 Å². The van der Waals surface area contributed by atoms with Crippen molar-refractivity contribution in [1.29, 1.82) is 0 Å². The number of para-hydroxylation sites is 2. The number of anilines is 2. The lowest BCUT2D eigenvalue weighted by atomic mass is 9.73. The van der Waals surface area contributed by atoms with Crippen molar-refractivity contribution in [3.63, 3.8) is 0 Å². The zero-order valence-electron chi connectivity index (χ0n) is 31.2. The lowest BCUT2D eigenvalue weighted by Gasteiger charge is -2.39. The standard InChI is InChI=1S/C52H44N2/c1-51(2)47-23-12-10-21-43(47)44-27-26-42(35-48(44)51)53(41-20-14-17-37(33-41)36-15-6-4-7-16-36)40-29-31-52(3,32-30-40)38-25-28-50-46(34-38)45-22-11-13-24-49(45)54(50)39-18-8-5-9-19-39/h4-29,31,33-35,40H,30,32H2,1-3H3. The third-order valence-corrected chi connectivity index (χ3v) is 12.4. The Bertz CT molecular complexity index is 2720. The highest BCUT2D eigenvalue weighted by atomic mass is 15.2. The largest absolute Gasteiger partial charge is 0.335 e. The quantitative estimate of drug-likeness (QED) is 0.157. The molecule has 2 heteroatoms. The molecule has 2 aliphatic rings. The number of aromatic nitrogens is 1. The van der Waals surface area contributed by atoms with E-state index in [2.05, 4.69) is 212 Å². The first-order valence-electron chi connectivity index (χ1n) is 19.4. The molecule has 2 aliphatic carbocycles. The third-order valence-electron chi connectivity index (χ3n) is 12.4. The molecule has 0 saturated carbocycles. The van der Waals surface area contributed by atoms with Gasteiger partial charge in [-0.1, -0.05) is 148 Å². The predicted molar refractivity (Wildman–Crippen MR) is 228 cm³/mol. The van der Waals surface area contributed by atoms with Gasteiger partial charge in [-0.3, -0.25) is 0 Å². The summed E-state index contributed by atoms with van der Waals surface area (Å²) in [5.41, 5.74) is 15.4. The molecule has 7 aromatic carbocycles. The molecule has 1 heterocycles. The Morgan fingerprint density at radius 1 is 0.537 bits per heavy atom. The van der Waals surface area contributed by atoms with Gasteiger partial charge in [-0.05, 0) is 106 Å². The molecule has 0 spiro atoms. The Kier molecular flexibility index (Phi) is 7.52. The van der Waals surface area contributed by atoms with Crippen LogP contribution in [-0.4, -0.2) is 10.6 Å². The third kappa shape index (κ3) is 5.16. The normalized spacial score (nSPS) is 18.5. The van der Waals surface area contributed by atoms with Gasteiger partial charge in [0.2, 0.25) is 0 Å². The van der Waals surface area contributed by atoms with Gasteiger partial charge in [-0.25, -0.2) is 0 Å². The average molecular weight is 697 g/mol. The van der Waals surface area contributed by atoms with E-state index < -0.39 is 0 Å². The van der Waals surface area contributed by atoms with Gasteiger partial charge in [-0.2, -0.15) is 0 Å². The summed E-state index contributed by atoms with van der Waals surface area (Å²) in [4.78, 5) is 2.60. The van der Waals surface area contributed by atoms with E-state index in [9.17, 15) is 0 Å². The van der Waals surface area contributed by atoms with Crippen molar-refractivity contribution in [3.05, 3.63) is 199 Å². The highest BCUT2D eigenvalue weighted by Crippen LogP contribution is 2.51. The van der Waals surface area contributed by atoms with Crippen LogP contribution >= 0.6 is 0 Å². The Hall–Kier alpha value is -6.12. The summed E-state index contributed by atoms with van der Waals surface area (Å²) in [6.07, 6.45) is 7.07. The molecule has 0 N–H and O–H groups in total. The zero-order chi connectivity index (χ0) is 36.4. The second-order valence-corrected chi connectivity index (χ2v) is 16.0. The van der Waals surface area contributed by atoms with Crippen LogP contribution in [0.2, 0.25) is 0 Å². The molecule has 0 aliphatic heterocycles. The Balaban J connectivity index is 1.06. The number of allylic oxidation sites excluding steroid dienone is 1. The number of fused-ring (bicyclic) bond motifs is 6. The van der Waals surface area contributed by atoms with Gasteiger partial charge in [-0.15, -0.1) is 0 Å². The Labute approximate surface area is 318 Å². The van der Waals surface area contributed by atoms with Gasteiger partial charge >= 0.3 is 0 Å². The molecular formula is C52H44N2. The molecule has 0 bridgehead atoms. The Morgan fingerprint density at radius 3 is 2.04 bits per heavy atom. The van der Waals surface area contributed by atoms with Gasteiger partial charge in [0.15, 0.2) is 0 Å². The van der Waals surface area contributed by atoms with Gasteiger partial charge in [0.1, 0.15) is 0 Å². The SMILES string of the molecule is CC1(c2ccc3c(c2)c2ccccc2n3-c2ccccc2)C=CC(N(c2cccc(-c3ccccc3)c2)c2ccc3c(c2)C(C)(C)c2ccccc2-3)CC1. The first kappa shape index (κ1) is 32.5. The number of nitrogens with zero attached hydrogens (tertiary/aromatic N) is 2. The van der Waals surface area contributed by atoms with Crippen LogP contribution in [0.1, 0.15) is 50.3 Å². The molecule has 2 nitrogen and oxygen atoms in total. The minimum absolute atomic E-state index is 0.0667. The van der Waals surface area contributed by atoms with Crippen LogP contribution in [-0.2, 0) is 10.8 Å². The first-order valence-corrected chi connectivity index (χ1v) is 19.4. The molecule has 10 rings (SSSR count). The highest BCUT2D eigenvalue weighted by Gasteiger charge is 2.37. The van der Waals surface area contributed by atoms with Crippen LogP contribution in [0.25, 0.3) is 49.7 Å². The fourth-order valence-corrected chi connectivity index (χ4v) is 9.43. The average Bonchev–Trinajstić information content (AvgIpc) is 3.67. The van der Waals surface area contributed by atoms with E-state index in [1.807, 2.05) is 0 Å². The van der Waals surface area contributed by atoms with Crippen molar-refractivity contribution in [2.24, 2.45) is 0 Å². The van der Waals surface area contributed by atoms with E-state index in [4.69, 9.17) is 0 Å². The smallest absolute Gasteiger partial charge is 0.0541 e. The van der Waals surface area contributed by atoms with Crippen molar-refractivity contribution in [1.82, 2.24) is 4.57 Å². The van der Waals surface area contributed by atoms with E-state index in [-0.39, 0.29) is 16.9 Å². The van der Waals surface area contributed by atoms with E-state index in [0.717, 1.165) is 12.8 Å². The minimum atomic E-state index is -0.0836. The maximum absolute atomic E-state index is 2.60. The molecular weight excluding hydrogens is 653 g/mol. The molecule has 8 aromatic rings. The summed E-state index contributed by atoms with van der Waals surface area (Å²) < 4.78 is 2.40. The molecule has 0 amide bonds. The van der Waals surface area contributed by atoms with E-state index in [1.54, 1.807) is 0 Å². The lowest BCUT2D eigenvalue weighted by Crippen LogP contribution is -2.35. The fraction of sp³-hybridized carbons (Fsp3) is 0.154. The maximum Gasteiger partial charge on any atom is 0.0541 e. The molecule has 54 heavy (non-hydrogen) atoms. The topological polar surface area (TPSA) is 8.17 Å². The predicted octanol–water partition coefficient (Wildman–Crippen LogP) is 13.6. The fourth-order valence-electron chi connectivity index (χ4n) is 9.43. The first-order chi connectivity index (χ1) is 26.4. The van der Waals surface area contributed by atoms with E-state index in [1.165, 1.54) is 77.8 Å². The van der Waals surface area contributed by atoms with Gasteiger partial charge in [0.25, 0.3) is 0 Å². The van der Waals surface area contributed by atoms with Crippen molar-refractivity contribution in [3.8, 4) is 27.9 Å². The summed E-state index contributed by atoms with van der Waals surface area (Å²) in [5, 5.41) is 2.61. The van der Waals surface area contributed by atoms with Crippen LogP contribution in [0.3, 0.4) is 0 Å². The van der Waals surface area contributed by atoms with E-state index >= 15 is 0 Å². The molecule has 262 valence electrons. The second-order valence-electron chi connectivity index (χ2n) is 16.0. The van der Waals surface area contributed by atoms with Gasteiger partial charge in [0, 0.05) is 38.7 Å². The summed E-state index contributed by atoms with van der Waals surface area (Å²) in [6.45, 7) is 7.18. The van der Waals surface area contributed by atoms with Crippen LogP contribution in [0, 0.1) is 0 Å². The van der Waals surface area contributed by atoms with Gasteiger partial charge < -0.3 is 9.47 Å². The second kappa shape index (κ2) is 12.5. The van der Waals surface area contributed by atoms with E-state index in [0.29, 0.717) is 0 Å². The van der Waals surface area contributed by atoms with Crippen molar-refractivity contribution in [2.75, 3.05) is 4.90 Å². The van der Waals surface area contributed by atoms with Crippen LogP contribution in [0.5, 0.6) is 0 Å². The molecule has 0 saturated heterocycles. The summed E-state index contributed by atoms with van der Waals surface area (Å²) in [5.74, 6) is 0. The Morgan fingerprint density at radius 2 is 1.22 bits per heavy atom. The number of hydrogen-bond donors (Lipinski definition) is 0. The molecule has 2 atom stereocenters. The van der Waals surface area contributed by atoms with Crippen LogP contribution in [0.4, 0.5) is 11.4 Å². The van der Waals surface area contributed by atoms with Crippen molar-refractivity contribution in [2.45, 2.75) is 50.5 Å². The monoisotopic (exact) mass is 696 g/mol. The van der Waals surface area contributed by atoms with Gasteiger partial charge in [0.05, 0.1) is 17.1 Å². The van der Waals surface area contributed by atoms with Crippen molar-refractivity contribution < 1.29 is 0 Å².